The average molecular weight is 944 g/mol. The van der Waals surface area contributed by atoms with Gasteiger partial charge in [0.25, 0.3) is 0 Å². The molecule has 0 spiro atoms. The Hall–Kier alpha value is -2.53. The van der Waals surface area contributed by atoms with Crippen LogP contribution in [0.1, 0.15) is 183 Å². The van der Waals surface area contributed by atoms with Crippen molar-refractivity contribution < 1.29 is 30.7 Å². The molecule has 0 heterocycles. The van der Waals surface area contributed by atoms with Gasteiger partial charge < -0.3 is 30.9 Å². The van der Waals surface area contributed by atoms with Crippen LogP contribution in [0.15, 0.2) is 60.7 Å². The van der Waals surface area contributed by atoms with Crippen LogP contribution in [0.5, 0.6) is 0 Å². The molecule has 0 saturated heterocycles. The summed E-state index contributed by atoms with van der Waals surface area (Å²) in [4.78, 5) is 35.8. The maximum absolute atomic E-state index is 12.4. The van der Waals surface area contributed by atoms with Gasteiger partial charge >= 0.3 is 11.9 Å². The number of ether oxygens (including phenoxy) is 1. The zero-order chi connectivity index (χ0) is 48.7. The molecule has 10 rings (SSSR count). The van der Waals surface area contributed by atoms with Crippen LogP contribution in [-0.2, 0) is 19.1 Å². The van der Waals surface area contributed by atoms with Crippen molar-refractivity contribution in [3.8, 4) is 0 Å². The van der Waals surface area contributed by atoms with Crippen molar-refractivity contribution in [3.05, 3.63) is 71.8 Å². The van der Waals surface area contributed by atoms with Crippen molar-refractivity contribution in [2.24, 2.45) is 41.2 Å². The fraction of sp³-hybridized carbons (Fsp3) is 0.722. The number of esters is 2. The molecule has 8 saturated carbocycles. The Morgan fingerprint density at radius 1 is 0.708 bits per heavy atom. The van der Waals surface area contributed by atoms with Crippen molar-refractivity contribution in [3.63, 3.8) is 0 Å². The van der Waals surface area contributed by atoms with Crippen molar-refractivity contribution in [2.45, 2.75) is 191 Å². The van der Waals surface area contributed by atoms with E-state index in [0.717, 1.165) is 81.8 Å². The number of alkyl halides is 2. The number of nitrogens with one attached hydrogen (secondary N) is 1. The monoisotopic (exact) mass is 943 g/mol. The Morgan fingerprint density at radius 2 is 1.12 bits per heavy atom. The van der Waals surface area contributed by atoms with Gasteiger partial charge in [-0.25, -0.2) is 0 Å². The molecule has 8 aliphatic rings. The van der Waals surface area contributed by atoms with Crippen LogP contribution in [0, 0.1) is 35.5 Å². The second-order valence-corrected chi connectivity index (χ2v) is 21.6. The number of amides is 1. The number of carbonyl (C=O) groups excluding carboxylic acids is 3. The number of aliphatic hydroxyl groups is 2. The Kier molecular flexibility index (Phi) is 20.7. The Morgan fingerprint density at radius 3 is 1.49 bits per heavy atom. The van der Waals surface area contributed by atoms with Crippen LogP contribution in [0.25, 0.3) is 0 Å². The lowest BCUT2D eigenvalue weighted by molar-refractivity contribution is -0.175. The molecule has 65 heavy (non-hydrogen) atoms. The Bertz CT molecular complexity index is 1770. The second kappa shape index (κ2) is 25.2. The molecule has 366 valence electrons. The summed E-state index contributed by atoms with van der Waals surface area (Å²) in [6, 6.07) is 20.2. The number of hydrogen-bond donors (Lipinski definition) is 4. The zero-order valence-electron chi connectivity index (χ0n) is 41.8. The number of nitrogens with two attached hydrogens (primary N) is 1. The van der Waals surface area contributed by atoms with Gasteiger partial charge in [-0.05, 0) is 138 Å². The van der Waals surface area contributed by atoms with E-state index in [9.17, 15) is 24.6 Å². The quantitative estimate of drug-likeness (QED) is 0.0833. The van der Waals surface area contributed by atoms with Crippen LogP contribution in [0.3, 0.4) is 0 Å². The van der Waals surface area contributed by atoms with Crippen LogP contribution in [0.2, 0.25) is 0 Å². The van der Waals surface area contributed by atoms with E-state index in [-0.39, 0.29) is 39.6 Å². The third-order valence-corrected chi connectivity index (χ3v) is 15.9. The summed E-state index contributed by atoms with van der Waals surface area (Å²) in [5.41, 5.74) is 7.38. The fourth-order valence-corrected chi connectivity index (χ4v) is 14.3. The van der Waals surface area contributed by atoms with E-state index in [1.54, 1.807) is 6.92 Å². The number of nitrogens with zero attached hydrogens (tertiary/aromatic N) is 1. The Labute approximate surface area is 404 Å². The lowest BCUT2D eigenvalue weighted by atomic mass is 9.47. The number of rotatable bonds is 14. The molecule has 2 unspecified atom stereocenters. The SMILES string of the molecule is CCCC(=O)N[C@@H](c1ccccc1)[C@H]1C2C[C@H]3C[C@](Cl)(C2)C[C@@]1(O)C3.CCCC(=O)OC(=O)CCC.CCN(CC)CC.N[C@@H](c1ccccc1)[C@H]1C2C[C@H]3C[C@](Cl)(C2)C[C@@]1(O)C3.[2H]CC. The predicted octanol–water partition coefficient (Wildman–Crippen LogP) is 11.5. The molecule has 0 aliphatic heterocycles. The molecule has 12 atom stereocenters. The summed E-state index contributed by atoms with van der Waals surface area (Å²) in [5.74, 6) is 1.47. The maximum Gasteiger partial charge on any atom is 0.313 e. The summed E-state index contributed by atoms with van der Waals surface area (Å²) in [7, 11) is 0. The molecule has 5 N–H and O–H groups in total. The van der Waals surface area contributed by atoms with Gasteiger partial charge in [0.05, 0.1) is 17.2 Å². The molecule has 8 fully saturated rings. The van der Waals surface area contributed by atoms with Crippen molar-refractivity contribution >= 4 is 41.0 Å². The molecule has 1 amide bonds. The van der Waals surface area contributed by atoms with Crippen LogP contribution >= 0.6 is 23.2 Å². The highest BCUT2D eigenvalue weighted by Crippen LogP contribution is 2.65. The molecule has 8 bridgehead atoms. The van der Waals surface area contributed by atoms with Gasteiger partial charge in [0, 0.05) is 48.3 Å². The smallest absolute Gasteiger partial charge is 0.313 e. The summed E-state index contributed by atoms with van der Waals surface area (Å²) in [6.45, 7) is 18.2. The van der Waals surface area contributed by atoms with Gasteiger partial charge in [0.15, 0.2) is 0 Å². The van der Waals surface area contributed by atoms with Crippen LogP contribution < -0.4 is 11.1 Å². The van der Waals surface area contributed by atoms with Crippen molar-refractivity contribution in [2.75, 3.05) is 19.6 Å². The first-order valence-electron chi connectivity index (χ1n) is 25.8. The van der Waals surface area contributed by atoms with E-state index in [2.05, 4.69) is 60.0 Å². The molecule has 9 nitrogen and oxygen atoms in total. The molecular weight excluding hydrogens is 858 g/mol. The summed E-state index contributed by atoms with van der Waals surface area (Å²) >= 11 is 13.6. The maximum atomic E-state index is 12.4. The molecule has 11 heteroatoms. The molecular formula is C54H85Cl2N3O6. The van der Waals surface area contributed by atoms with Gasteiger partial charge in [-0.3, -0.25) is 14.4 Å². The van der Waals surface area contributed by atoms with Gasteiger partial charge in [0.2, 0.25) is 5.91 Å². The average Bonchev–Trinajstić information content (AvgIpc) is 3.24. The van der Waals surface area contributed by atoms with E-state index in [1.807, 2.05) is 57.2 Å². The first kappa shape index (κ1) is 53.4. The minimum Gasteiger partial charge on any atom is -0.393 e. The fourth-order valence-electron chi connectivity index (χ4n) is 13.0. The van der Waals surface area contributed by atoms with E-state index in [4.69, 9.17) is 30.3 Å². The topological polar surface area (TPSA) is 142 Å². The molecule has 0 aromatic heterocycles. The molecule has 8 aliphatic carbocycles. The molecule has 0 radical (unpaired) electrons. The minimum absolute atomic E-state index is 0.0548. The first-order chi connectivity index (χ1) is 31.4. The molecule has 2 aromatic carbocycles. The zero-order valence-corrected chi connectivity index (χ0v) is 42.4. The van der Waals surface area contributed by atoms with Gasteiger partial charge in [-0.15, -0.1) is 23.2 Å². The minimum atomic E-state index is -0.758. The lowest BCUT2D eigenvalue weighted by Gasteiger charge is -2.63. The predicted molar refractivity (Wildman–Crippen MR) is 266 cm³/mol. The highest BCUT2D eigenvalue weighted by atomic mass is 35.5. The van der Waals surface area contributed by atoms with E-state index in [0.29, 0.717) is 56.3 Å². The molecule has 2 aromatic rings. The standard InChI is InChI=1S/C21H28ClNO2.C17H22ClNO.C8H14O3.C6H15N.C2H6/c1-2-6-17(24)23-19(15-7-4-3-5-8-15)18-16-9-14-10-20(22,12-16)13-21(18,25)11-14;18-16-7-11-6-13(9-16)14(17(20,8-11)10-16)15(19)12-4-2-1-3-5-12;1-3-5-7(9)11-8(10)6-4-2;1-4-7(5-2)6-3;1-2/h3-5,7-8,14,16,18-19,25H,2,6,9-13H2,1H3,(H,23,24);1-5,11,13-15,20H,6-10,19H2;3-6H2,1-2H3;4-6H2,1-3H3;1-2H3/t14-,16?,18+,19-,20-,21-;11-,13?,14+,15-,16-,17-;;;/m00.../s1/i;;;;1D. The Balaban J connectivity index is 0.000000207. The number of benzene rings is 2. The third-order valence-electron chi connectivity index (χ3n) is 15.0. The first-order valence-corrected chi connectivity index (χ1v) is 25.9. The van der Waals surface area contributed by atoms with Gasteiger partial charge in [-0.1, -0.05) is 116 Å². The lowest BCUT2D eigenvalue weighted by Crippen LogP contribution is -2.64. The van der Waals surface area contributed by atoms with Crippen molar-refractivity contribution in [1.29, 1.82) is 0 Å². The van der Waals surface area contributed by atoms with Crippen molar-refractivity contribution in [1.82, 2.24) is 10.2 Å². The van der Waals surface area contributed by atoms with E-state index in [1.165, 1.54) is 26.1 Å². The van der Waals surface area contributed by atoms with Crippen LogP contribution in [-0.4, -0.2) is 73.5 Å². The number of halogens is 2. The third kappa shape index (κ3) is 14.5. The van der Waals surface area contributed by atoms with Gasteiger partial charge in [-0.2, -0.15) is 0 Å². The number of hydrogen-bond acceptors (Lipinski definition) is 8. The normalized spacial score (nSPS) is 33.0. The summed E-state index contributed by atoms with van der Waals surface area (Å²) in [6.07, 6.45) is 13.0. The summed E-state index contributed by atoms with van der Waals surface area (Å²) < 4.78 is 10.7. The van der Waals surface area contributed by atoms with E-state index >= 15 is 0 Å². The highest BCUT2D eigenvalue weighted by molar-refractivity contribution is 6.24. The highest BCUT2D eigenvalue weighted by Gasteiger charge is 2.64. The largest absolute Gasteiger partial charge is 0.393 e. The van der Waals surface area contributed by atoms with Gasteiger partial charge in [0.1, 0.15) is 0 Å². The summed E-state index contributed by atoms with van der Waals surface area (Å²) in [5, 5.41) is 26.0. The van der Waals surface area contributed by atoms with Crippen LogP contribution in [0.4, 0.5) is 0 Å². The second-order valence-electron chi connectivity index (χ2n) is 20.0. The number of carbonyl (C=O) groups is 3. The van der Waals surface area contributed by atoms with E-state index < -0.39 is 23.1 Å².